The zero-order valence-corrected chi connectivity index (χ0v) is 9.61. The minimum Gasteiger partial charge on any atom is -0.316 e. The van der Waals surface area contributed by atoms with Gasteiger partial charge in [-0.2, -0.15) is 5.10 Å². The van der Waals surface area contributed by atoms with Gasteiger partial charge in [0.15, 0.2) is 0 Å². The molecule has 3 heteroatoms. The Morgan fingerprint density at radius 3 is 3.19 bits per heavy atom. The van der Waals surface area contributed by atoms with Gasteiger partial charge in [0.2, 0.25) is 0 Å². The number of hydrogen-bond acceptors (Lipinski definition) is 2. The third-order valence-corrected chi connectivity index (χ3v) is 3.50. The van der Waals surface area contributed by atoms with E-state index in [0.29, 0.717) is 5.92 Å². The standard InChI is InChI=1S/C13H17N3/c1-10-4-2-6-13-12(9-15-16(10)13)11-5-3-7-14-8-11/h2,4,6,9,11,14H,3,5,7-8H2,1H3. The summed E-state index contributed by atoms with van der Waals surface area (Å²) < 4.78 is 2.05. The minimum absolute atomic E-state index is 0.632. The largest absolute Gasteiger partial charge is 0.316 e. The van der Waals surface area contributed by atoms with Crippen molar-refractivity contribution in [2.24, 2.45) is 0 Å². The lowest BCUT2D eigenvalue weighted by molar-refractivity contribution is 0.463. The van der Waals surface area contributed by atoms with Crippen molar-refractivity contribution in [3.8, 4) is 0 Å². The van der Waals surface area contributed by atoms with E-state index in [-0.39, 0.29) is 0 Å². The number of rotatable bonds is 1. The van der Waals surface area contributed by atoms with E-state index in [1.165, 1.54) is 29.6 Å². The molecule has 84 valence electrons. The van der Waals surface area contributed by atoms with Crippen LogP contribution in [0.4, 0.5) is 0 Å². The Morgan fingerprint density at radius 2 is 2.38 bits per heavy atom. The van der Waals surface area contributed by atoms with Crippen LogP contribution in [-0.4, -0.2) is 22.7 Å². The van der Waals surface area contributed by atoms with Crippen molar-refractivity contribution in [2.75, 3.05) is 13.1 Å². The lowest BCUT2D eigenvalue weighted by atomic mass is 9.93. The van der Waals surface area contributed by atoms with Gasteiger partial charge < -0.3 is 5.32 Å². The van der Waals surface area contributed by atoms with E-state index in [2.05, 4.69) is 35.5 Å². The fraction of sp³-hybridized carbons (Fsp3) is 0.462. The summed E-state index contributed by atoms with van der Waals surface area (Å²) in [6, 6.07) is 6.39. The molecule has 3 rings (SSSR count). The lowest BCUT2D eigenvalue weighted by Gasteiger charge is -2.22. The second-order valence-electron chi connectivity index (χ2n) is 4.61. The van der Waals surface area contributed by atoms with Crippen LogP contribution < -0.4 is 5.32 Å². The zero-order valence-electron chi connectivity index (χ0n) is 9.61. The van der Waals surface area contributed by atoms with Gasteiger partial charge >= 0.3 is 0 Å². The first-order valence-corrected chi connectivity index (χ1v) is 6.00. The molecule has 0 bridgehead atoms. The average molecular weight is 215 g/mol. The van der Waals surface area contributed by atoms with Crippen molar-refractivity contribution >= 4 is 5.52 Å². The highest BCUT2D eigenvalue weighted by molar-refractivity contribution is 5.56. The molecule has 0 radical (unpaired) electrons. The Bertz CT molecular complexity index is 495. The average Bonchev–Trinajstić information content (AvgIpc) is 2.75. The zero-order chi connectivity index (χ0) is 11.0. The smallest absolute Gasteiger partial charge is 0.0699 e. The Labute approximate surface area is 95.5 Å². The van der Waals surface area contributed by atoms with Crippen LogP contribution >= 0.6 is 0 Å². The summed E-state index contributed by atoms with van der Waals surface area (Å²) >= 11 is 0. The summed E-state index contributed by atoms with van der Waals surface area (Å²) in [5.41, 5.74) is 3.87. The van der Waals surface area contributed by atoms with Crippen LogP contribution in [0.25, 0.3) is 5.52 Å². The molecule has 1 atom stereocenters. The van der Waals surface area contributed by atoms with E-state index >= 15 is 0 Å². The number of nitrogens with zero attached hydrogens (tertiary/aromatic N) is 2. The number of nitrogens with one attached hydrogen (secondary N) is 1. The number of piperidine rings is 1. The predicted molar refractivity (Wildman–Crippen MR) is 64.8 cm³/mol. The highest BCUT2D eigenvalue weighted by atomic mass is 15.2. The SMILES string of the molecule is Cc1cccc2c(C3CCCNC3)cnn12. The highest BCUT2D eigenvalue weighted by Crippen LogP contribution is 2.27. The summed E-state index contributed by atoms with van der Waals surface area (Å²) in [5, 5.41) is 7.95. The molecule has 0 amide bonds. The number of pyridine rings is 1. The first-order chi connectivity index (χ1) is 7.86. The highest BCUT2D eigenvalue weighted by Gasteiger charge is 2.18. The molecule has 1 aliphatic rings. The van der Waals surface area contributed by atoms with Crippen LogP contribution in [0.15, 0.2) is 24.4 Å². The Balaban J connectivity index is 2.06. The molecule has 1 unspecified atom stereocenters. The van der Waals surface area contributed by atoms with Crippen LogP contribution in [0.5, 0.6) is 0 Å². The normalized spacial score (nSPS) is 21.4. The van der Waals surface area contributed by atoms with Gasteiger partial charge in [0.25, 0.3) is 0 Å². The molecule has 0 saturated carbocycles. The quantitative estimate of drug-likeness (QED) is 0.789. The van der Waals surface area contributed by atoms with Gasteiger partial charge in [0, 0.05) is 23.7 Å². The molecule has 1 fully saturated rings. The van der Waals surface area contributed by atoms with Crippen molar-refractivity contribution in [3.05, 3.63) is 35.7 Å². The third kappa shape index (κ3) is 1.52. The maximum absolute atomic E-state index is 4.48. The molecular formula is C13H17N3. The van der Waals surface area contributed by atoms with E-state index in [1.54, 1.807) is 0 Å². The van der Waals surface area contributed by atoms with E-state index in [9.17, 15) is 0 Å². The van der Waals surface area contributed by atoms with E-state index in [4.69, 9.17) is 0 Å². The molecule has 2 aromatic heterocycles. The van der Waals surface area contributed by atoms with Crippen molar-refractivity contribution in [2.45, 2.75) is 25.7 Å². The number of hydrogen-bond donors (Lipinski definition) is 1. The summed E-state index contributed by atoms with van der Waals surface area (Å²) in [7, 11) is 0. The molecular weight excluding hydrogens is 198 g/mol. The molecule has 16 heavy (non-hydrogen) atoms. The molecule has 0 spiro atoms. The number of aromatic nitrogens is 2. The van der Waals surface area contributed by atoms with Crippen LogP contribution in [0, 0.1) is 6.92 Å². The maximum Gasteiger partial charge on any atom is 0.0699 e. The molecule has 0 aliphatic carbocycles. The third-order valence-electron chi connectivity index (χ3n) is 3.50. The Hall–Kier alpha value is -1.35. The molecule has 3 heterocycles. The van der Waals surface area contributed by atoms with Gasteiger partial charge in [-0.05, 0) is 38.4 Å². The summed E-state index contributed by atoms with van der Waals surface area (Å²) in [6.07, 6.45) is 4.59. The Morgan fingerprint density at radius 1 is 1.44 bits per heavy atom. The van der Waals surface area contributed by atoms with E-state index in [0.717, 1.165) is 13.1 Å². The van der Waals surface area contributed by atoms with Crippen molar-refractivity contribution in [1.82, 2.24) is 14.9 Å². The van der Waals surface area contributed by atoms with Crippen LogP contribution in [0.1, 0.15) is 30.0 Å². The second-order valence-corrected chi connectivity index (χ2v) is 4.61. The van der Waals surface area contributed by atoms with Gasteiger partial charge in [0.05, 0.1) is 11.7 Å². The van der Waals surface area contributed by atoms with Crippen molar-refractivity contribution in [3.63, 3.8) is 0 Å². The van der Waals surface area contributed by atoms with Crippen LogP contribution in [0.2, 0.25) is 0 Å². The van der Waals surface area contributed by atoms with Crippen molar-refractivity contribution < 1.29 is 0 Å². The molecule has 1 saturated heterocycles. The molecule has 2 aromatic rings. The van der Waals surface area contributed by atoms with Crippen LogP contribution in [0.3, 0.4) is 0 Å². The summed E-state index contributed by atoms with van der Waals surface area (Å²) in [4.78, 5) is 0. The van der Waals surface area contributed by atoms with Gasteiger partial charge in [-0.1, -0.05) is 6.07 Å². The lowest BCUT2D eigenvalue weighted by Crippen LogP contribution is -2.28. The number of fused-ring (bicyclic) bond motifs is 1. The summed E-state index contributed by atoms with van der Waals surface area (Å²) in [6.45, 7) is 4.35. The molecule has 1 N–H and O–H groups in total. The fourth-order valence-electron chi connectivity index (χ4n) is 2.60. The van der Waals surface area contributed by atoms with Crippen molar-refractivity contribution in [1.29, 1.82) is 0 Å². The fourth-order valence-corrected chi connectivity index (χ4v) is 2.60. The Kier molecular flexibility index (Phi) is 2.40. The monoisotopic (exact) mass is 215 g/mol. The van der Waals surface area contributed by atoms with Gasteiger partial charge in [-0.25, -0.2) is 4.52 Å². The first-order valence-electron chi connectivity index (χ1n) is 6.00. The van der Waals surface area contributed by atoms with Gasteiger partial charge in [-0.3, -0.25) is 0 Å². The number of aryl methyl sites for hydroxylation is 1. The molecule has 0 aromatic carbocycles. The maximum atomic E-state index is 4.48. The first kappa shape index (κ1) is 9.85. The van der Waals surface area contributed by atoms with Gasteiger partial charge in [0.1, 0.15) is 0 Å². The van der Waals surface area contributed by atoms with Crippen LogP contribution in [-0.2, 0) is 0 Å². The van der Waals surface area contributed by atoms with E-state index in [1.807, 2.05) is 10.7 Å². The second kappa shape index (κ2) is 3.91. The van der Waals surface area contributed by atoms with Gasteiger partial charge in [-0.15, -0.1) is 0 Å². The molecule has 3 nitrogen and oxygen atoms in total. The molecule has 1 aliphatic heterocycles. The van der Waals surface area contributed by atoms with E-state index < -0.39 is 0 Å². The predicted octanol–water partition coefficient (Wildman–Crippen LogP) is 2.11. The summed E-state index contributed by atoms with van der Waals surface area (Å²) in [5.74, 6) is 0.632. The minimum atomic E-state index is 0.632. The topological polar surface area (TPSA) is 29.3 Å².